The number of carboxylic acids is 1. The number of aliphatic carboxylic acids is 1. The number of carboxylic acid groups (broad SMARTS) is 1. The van der Waals surface area contributed by atoms with Crippen molar-refractivity contribution >= 4 is 21.7 Å². The number of nitrogens with one attached hydrogen (secondary N) is 1. The van der Waals surface area contributed by atoms with Gasteiger partial charge in [0.05, 0.1) is 11.0 Å². The molecule has 0 unspecified atom stereocenters. The Morgan fingerprint density at radius 1 is 1.28 bits per heavy atom. The van der Waals surface area contributed by atoms with Crippen molar-refractivity contribution in [1.29, 1.82) is 0 Å². The molecule has 2 N–H and O–H groups in total. The summed E-state index contributed by atoms with van der Waals surface area (Å²) in [7, 11) is -3.47. The van der Waals surface area contributed by atoms with Crippen LogP contribution in [0.25, 0.3) is 0 Å². The first-order chi connectivity index (χ1) is 8.33. The van der Waals surface area contributed by atoms with Gasteiger partial charge in [0.25, 0.3) is 0 Å². The fourth-order valence-electron chi connectivity index (χ4n) is 2.21. The van der Waals surface area contributed by atoms with Crippen LogP contribution in [0.2, 0.25) is 0 Å². The number of carbonyl (C=O) groups is 2. The molecule has 1 aliphatic rings. The predicted octanol–water partition coefficient (Wildman–Crippen LogP) is 0.323. The molecule has 0 saturated heterocycles. The smallest absolute Gasteiger partial charge is 0.327 e. The summed E-state index contributed by atoms with van der Waals surface area (Å²) >= 11 is 0. The molecule has 1 aliphatic carbocycles. The summed E-state index contributed by atoms with van der Waals surface area (Å²) < 4.78 is 24.1. The van der Waals surface area contributed by atoms with Gasteiger partial charge < -0.3 is 10.4 Å². The van der Waals surface area contributed by atoms with Crippen LogP contribution in [0.3, 0.4) is 0 Å². The summed E-state index contributed by atoms with van der Waals surface area (Å²) in [6, 6.07) is -1.35. The van der Waals surface area contributed by atoms with Crippen LogP contribution in [0.5, 0.6) is 0 Å². The summed E-state index contributed by atoms with van der Waals surface area (Å²) in [5, 5.41) is 10.6. The Bertz CT molecular complexity index is 411. The minimum atomic E-state index is -3.47. The van der Waals surface area contributed by atoms with Crippen molar-refractivity contribution in [2.75, 3.05) is 5.75 Å². The first kappa shape index (κ1) is 14.9. The summed E-state index contributed by atoms with van der Waals surface area (Å²) in [5.74, 6) is -2.38. The topological polar surface area (TPSA) is 101 Å². The van der Waals surface area contributed by atoms with Crippen molar-refractivity contribution in [3.05, 3.63) is 0 Å². The molecule has 0 radical (unpaired) electrons. The number of hydrogen-bond acceptors (Lipinski definition) is 4. The van der Waals surface area contributed by atoms with Crippen molar-refractivity contribution in [3.63, 3.8) is 0 Å². The lowest BCUT2D eigenvalue weighted by Crippen LogP contribution is -2.46. The third-order valence-corrected chi connectivity index (χ3v) is 5.42. The highest BCUT2D eigenvalue weighted by molar-refractivity contribution is 7.92. The summed E-state index contributed by atoms with van der Waals surface area (Å²) in [6.45, 7) is 1.17. The molecule has 1 fully saturated rings. The van der Waals surface area contributed by atoms with E-state index < -0.39 is 38.8 Å². The maximum atomic E-state index is 12.1. The van der Waals surface area contributed by atoms with Crippen molar-refractivity contribution < 1.29 is 23.1 Å². The highest BCUT2D eigenvalue weighted by atomic mass is 32.2. The molecule has 1 amide bonds. The van der Waals surface area contributed by atoms with E-state index >= 15 is 0 Å². The number of amides is 1. The van der Waals surface area contributed by atoms with E-state index in [1.807, 2.05) is 0 Å². The van der Waals surface area contributed by atoms with Crippen LogP contribution in [-0.4, -0.2) is 42.4 Å². The standard InChI is InChI=1S/C11H19NO5S/c1-8(13)12-10(11(14)15)7-18(16,17)9-5-3-2-4-6-9/h9-10H,2-7H2,1H3,(H,12,13)(H,14,15)/t10-/m0/s1. The second kappa shape index (κ2) is 6.17. The van der Waals surface area contributed by atoms with Crippen LogP contribution < -0.4 is 5.32 Å². The first-order valence-electron chi connectivity index (χ1n) is 6.04. The van der Waals surface area contributed by atoms with Crippen LogP contribution in [0.15, 0.2) is 0 Å². The van der Waals surface area contributed by atoms with E-state index in [0.29, 0.717) is 12.8 Å². The van der Waals surface area contributed by atoms with Crippen molar-refractivity contribution in [3.8, 4) is 0 Å². The lowest BCUT2D eigenvalue weighted by atomic mass is 10.0. The van der Waals surface area contributed by atoms with E-state index in [0.717, 1.165) is 19.3 Å². The van der Waals surface area contributed by atoms with E-state index in [1.54, 1.807) is 0 Å². The molecule has 6 nitrogen and oxygen atoms in total. The van der Waals surface area contributed by atoms with Gasteiger partial charge in [-0.1, -0.05) is 19.3 Å². The molecule has 1 rings (SSSR count). The highest BCUT2D eigenvalue weighted by Crippen LogP contribution is 2.24. The van der Waals surface area contributed by atoms with Crippen LogP contribution in [0.4, 0.5) is 0 Å². The van der Waals surface area contributed by atoms with E-state index in [2.05, 4.69) is 5.32 Å². The minimum absolute atomic E-state index is 0.457. The predicted molar refractivity (Wildman–Crippen MR) is 65.9 cm³/mol. The van der Waals surface area contributed by atoms with Gasteiger partial charge in [-0.2, -0.15) is 0 Å². The van der Waals surface area contributed by atoms with E-state index in [-0.39, 0.29) is 0 Å². The average molecular weight is 277 g/mol. The summed E-state index contributed by atoms with van der Waals surface area (Å²) in [4.78, 5) is 21.8. The van der Waals surface area contributed by atoms with Crippen LogP contribution in [0, 0.1) is 0 Å². The summed E-state index contributed by atoms with van der Waals surface area (Å²) in [6.07, 6.45) is 3.94. The van der Waals surface area contributed by atoms with Gasteiger partial charge in [-0.15, -0.1) is 0 Å². The molecule has 104 valence electrons. The summed E-state index contributed by atoms with van der Waals surface area (Å²) in [5.41, 5.74) is 0. The maximum absolute atomic E-state index is 12.1. The molecule has 0 aromatic carbocycles. The van der Waals surface area contributed by atoms with Gasteiger partial charge in [0.2, 0.25) is 5.91 Å². The molecule has 0 heterocycles. The minimum Gasteiger partial charge on any atom is -0.480 e. The van der Waals surface area contributed by atoms with Gasteiger partial charge in [0.1, 0.15) is 6.04 Å². The Morgan fingerprint density at radius 2 is 1.83 bits per heavy atom. The largest absolute Gasteiger partial charge is 0.480 e. The molecule has 0 aromatic rings. The van der Waals surface area contributed by atoms with Crippen molar-refractivity contribution in [2.24, 2.45) is 0 Å². The van der Waals surface area contributed by atoms with Gasteiger partial charge in [-0.3, -0.25) is 4.79 Å². The van der Waals surface area contributed by atoms with Gasteiger partial charge in [-0.25, -0.2) is 13.2 Å². The van der Waals surface area contributed by atoms with Gasteiger partial charge in [0.15, 0.2) is 9.84 Å². The monoisotopic (exact) mass is 277 g/mol. The van der Waals surface area contributed by atoms with Crippen LogP contribution in [-0.2, 0) is 19.4 Å². The normalized spacial score (nSPS) is 19.2. The third-order valence-electron chi connectivity index (χ3n) is 3.13. The van der Waals surface area contributed by atoms with Gasteiger partial charge >= 0.3 is 5.97 Å². The molecule has 0 bridgehead atoms. The number of carbonyl (C=O) groups excluding carboxylic acids is 1. The molecule has 0 spiro atoms. The molecular formula is C11H19NO5S. The third kappa shape index (κ3) is 4.29. The number of sulfone groups is 1. The van der Waals surface area contributed by atoms with Crippen LogP contribution in [0.1, 0.15) is 39.0 Å². The van der Waals surface area contributed by atoms with Gasteiger partial charge in [-0.05, 0) is 12.8 Å². The Kier molecular flexibility index (Phi) is 5.13. The second-order valence-electron chi connectivity index (χ2n) is 4.68. The molecule has 7 heteroatoms. The fourth-order valence-corrected chi connectivity index (χ4v) is 4.23. The Labute approximate surface area is 107 Å². The molecule has 0 aliphatic heterocycles. The average Bonchev–Trinajstić information content (AvgIpc) is 2.28. The van der Waals surface area contributed by atoms with Crippen LogP contribution >= 0.6 is 0 Å². The molecule has 18 heavy (non-hydrogen) atoms. The number of hydrogen-bond donors (Lipinski definition) is 2. The fraction of sp³-hybridized carbons (Fsp3) is 0.818. The number of rotatable bonds is 5. The molecule has 1 saturated carbocycles. The zero-order valence-corrected chi connectivity index (χ0v) is 11.2. The van der Waals surface area contributed by atoms with E-state index in [1.165, 1.54) is 6.92 Å². The first-order valence-corrected chi connectivity index (χ1v) is 7.76. The van der Waals surface area contributed by atoms with Crippen molar-refractivity contribution in [1.82, 2.24) is 5.32 Å². The molecular weight excluding hydrogens is 258 g/mol. The van der Waals surface area contributed by atoms with E-state index in [9.17, 15) is 18.0 Å². The lowest BCUT2D eigenvalue weighted by Gasteiger charge is -2.23. The quantitative estimate of drug-likeness (QED) is 0.754. The SMILES string of the molecule is CC(=O)N[C@@H](CS(=O)(=O)C1CCCCC1)C(=O)O. The lowest BCUT2D eigenvalue weighted by molar-refractivity contribution is -0.140. The Hall–Kier alpha value is -1.11. The van der Waals surface area contributed by atoms with Gasteiger partial charge in [0, 0.05) is 6.92 Å². The Morgan fingerprint density at radius 3 is 2.28 bits per heavy atom. The maximum Gasteiger partial charge on any atom is 0.327 e. The van der Waals surface area contributed by atoms with E-state index in [4.69, 9.17) is 5.11 Å². The Balaban J connectivity index is 2.71. The molecule has 0 aromatic heterocycles. The second-order valence-corrected chi connectivity index (χ2v) is 7.01. The zero-order valence-electron chi connectivity index (χ0n) is 10.4. The highest BCUT2D eigenvalue weighted by Gasteiger charge is 2.32. The molecule has 1 atom stereocenters. The zero-order chi connectivity index (χ0) is 13.8. The van der Waals surface area contributed by atoms with Crippen molar-refractivity contribution in [2.45, 2.75) is 50.3 Å².